The number of aryl methyl sites for hydroxylation is 1. The van der Waals surface area contributed by atoms with Crippen LogP contribution in [0.4, 0.5) is 0 Å². The summed E-state index contributed by atoms with van der Waals surface area (Å²) in [6.45, 7) is 0. The average Bonchev–Trinajstić information content (AvgIpc) is 2.56. The number of nitrogens with zero attached hydrogens (tertiary/aromatic N) is 2. The molecule has 0 radical (unpaired) electrons. The lowest BCUT2D eigenvalue weighted by atomic mass is 9.84. The van der Waals surface area contributed by atoms with Crippen molar-refractivity contribution >= 4 is 0 Å². The van der Waals surface area contributed by atoms with Gasteiger partial charge in [0.1, 0.15) is 0 Å². The minimum atomic E-state index is -0.106. The Bertz CT molecular complexity index is 295. The molecule has 1 N–H and O–H groups in total. The maximum Gasteiger partial charge on any atom is 0.0628 e. The molecule has 0 spiro atoms. The lowest BCUT2D eigenvalue weighted by Gasteiger charge is -2.26. The van der Waals surface area contributed by atoms with E-state index in [-0.39, 0.29) is 6.10 Å². The van der Waals surface area contributed by atoms with E-state index in [2.05, 4.69) is 5.10 Å². The molecule has 0 bridgehead atoms. The number of hydrogen-bond acceptors (Lipinski definition) is 2. The molecule has 1 aliphatic carbocycles. The Hall–Kier alpha value is -0.830. The van der Waals surface area contributed by atoms with E-state index in [1.54, 1.807) is 0 Å². The Labute approximate surface area is 84.7 Å². The van der Waals surface area contributed by atoms with E-state index in [0.29, 0.717) is 5.92 Å². The van der Waals surface area contributed by atoms with Gasteiger partial charge >= 0.3 is 0 Å². The zero-order valence-corrected chi connectivity index (χ0v) is 8.69. The molecule has 0 aliphatic heterocycles. The van der Waals surface area contributed by atoms with Gasteiger partial charge in [-0.3, -0.25) is 4.68 Å². The highest BCUT2D eigenvalue weighted by molar-refractivity contribution is 5.01. The van der Waals surface area contributed by atoms with Gasteiger partial charge in [0, 0.05) is 13.2 Å². The third kappa shape index (κ3) is 2.15. The number of aromatic nitrogens is 2. The van der Waals surface area contributed by atoms with Crippen molar-refractivity contribution in [3.8, 4) is 0 Å². The van der Waals surface area contributed by atoms with Crippen LogP contribution < -0.4 is 0 Å². The molecule has 2 rings (SSSR count). The van der Waals surface area contributed by atoms with Crippen LogP contribution in [-0.2, 0) is 13.5 Å². The minimum absolute atomic E-state index is 0.106. The number of rotatable bonds is 2. The highest BCUT2D eigenvalue weighted by Gasteiger charge is 2.23. The monoisotopic (exact) mass is 194 g/mol. The summed E-state index contributed by atoms with van der Waals surface area (Å²) >= 11 is 0. The molecule has 1 aromatic heterocycles. The summed E-state index contributed by atoms with van der Waals surface area (Å²) < 4.78 is 1.82. The third-order valence-electron chi connectivity index (χ3n) is 3.11. The third-order valence-corrected chi connectivity index (χ3v) is 3.11. The Balaban J connectivity index is 1.95. The second-order valence-corrected chi connectivity index (χ2v) is 4.30. The minimum Gasteiger partial charge on any atom is -0.393 e. The number of aliphatic hydroxyl groups excluding tert-OH is 1. The topological polar surface area (TPSA) is 38.0 Å². The lowest BCUT2D eigenvalue weighted by molar-refractivity contribution is 0.0694. The standard InChI is InChI=1S/C11H18N2O/c1-13-7-6-10(12-13)8-9-4-2-3-5-11(9)14/h6-7,9,11,14H,2-5,8H2,1H3. The van der Waals surface area contributed by atoms with Gasteiger partial charge in [0.15, 0.2) is 0 Å². The largest absolute Gasteiger partial charge is 0.393 e. The normalized spacial score (nSPS) is 27.9. The smallest absolute Gasteiger partial charge is 0.0628 e. The second kappa shape index (κ2) is 4.13. The van der Waals surface area contributed by atoms with Crippen molar-refractivity contribution in [2.45, 2.75) is 38.2 Å². The van der Waals surface area contributed by atoms with Gasteiger partial charge in [0.05, 0.1) is 11.8 Å². The van der Waals surface area contributed by atoms with E-state index in [1.807, 2.05) is 24.0 Å². The van der Waals surface area contributed by atoms with Crippen LogP contribution in [-0.4, -0.2) is 21.0 Å². The number of aliphatic hydroxyl groups is 1. The summed E-state index contributed by atoms with van der Waals surface area (Å²) in [5.41, 5.74) is 1.11. The second-order valence-electron chi connectivity index (χ2n) is 4.30. The molecule has 0 aromatic carbocycles. The van der Waals surface area contributed by atoms with Crippen LogP contribution in [0.5, 0.6) is 0 Å². The van der Waals surface area contributed by atoms with Crippen LogP contribution >= 0.6 is 0 Å². The Morgan fingerprint density at radius 1 is 1.50 bits per heavy atom. The molecule has 0 saturated heterocycles. The highest BCUT2D eigenvalue weighted by atomic mass is 16.3. The fourth-order valence-electron chi connectivity index (χ4n) is 2.27. The molecule has 3 heteroatoms. The first kappa shape index (κ1) is 9.71. The van der Waals surface area contributed by atoms with Crippen molar-refractivity contribution in [3.63, 3.8) is 0 Å². The number of hydrogen-bond donors (Lipinski definition) is 1. The Morgan fingerprint density at radius 3 is 2.93 bits per heavy atom. The molecule has 3 nitrogen and oxygen atoms in total. The van der Waals surface area contributed by atoms with Crippen molar-refractivity contribution in [2.75, 3.05) is 0 Å². The summed E-state index contributed by atoms with van der Waals surface area (Å²) in [6.07, 6.45) is 7.35. The zero-order valence-electron chi connectivity index (χ0n) is 8.69. The van der Waals surface area contributed by atoms with E-state index in [0.717, 1.165) is 25.0 Å². The first-order valence-electron chi connectivity index (χ1n) is 5.42. The van der Waals surface area contributed by atoms with Crippen molar-refractivity contribution in [1.82, 2.24) is 9.78 Å². The van der Waals surface area contributed by atoms with E-state index >= 15 is 0 Å². The SMILES string of the molecule is Cn1ccc(CC2CCCCC2O)n1. The van der Waals surface area contributed by atoms with Crippen molar-refractivity contribution in [1.29, 1.82) is 0 Å². The van der Waals surface area contributed by atoms with Gasteiger partial charge in [-0.15, -0.1) is 0 Å². The summed E-state index contributed by atoms with van der Waals surface area (Å²) in [5.74, 6) is 0.429. The maximum atomic E-state index is 9.80. The fraction of sp³-hybridized carbons (Fsp3) is 0.727. The van der Waals surface area contributed by atoms with Gasteiger partial charge in [-0.05, 0) is 31.2 Å². The van der Waals surface area contributed by atoms with Gasteiger partial charge in [-0.25, -0.2) is 0 Å². The van der Waals surface area contributed by atoms with Crippen molar-refractivity contribution < 1.29 is 5.11 Å². The molecule has 1 aliphatic rings. The molecule has 1 heterocycles. The first-order valence-corrected chi connectivity index (χ1v) is 5.42. The van der Waals surface area contributed by atoms with Gasteiger partial charge in [0.25, 0.3) is 0 Å². The molecule has 14 heavy (non-hydrogen) atoms. The molecular formula is C11H18N2O. The summed E-state index contributed by atoms with van der Waals surface area (Å²) in [5, 5.41) is 14.1. The van der Waals surface area contributed by atoms with E-state index < -0.39 is 0 Å². The molecule has 1 saturated carbocycles. The van der Waals surface area contributed by atoms with Crippen LogP contribution in [0.25, 0.3) is 0 Å². The average molecular weight is 194 g/mol. The summed E-state index contributed by atoms with van der Waals surface area (Å²) in [6, 6.07) is 2.04. The van der Waals surface area contributed by atoms with Gasteiger partial charge in [0.2, 0.25) is 0 Å². The molecule has 0 amide bonds. The highest BCUT2D eigenvalue weighted by Crippen LogP contribution is 2.26. The van der Waals surface area contributed by atoms with Crippen LogP contribution in [0.15, 0.2) is 12.3 Å². The predicted molar refractivity (Wildman–Crippen MR) is 54.9 cm³/mol. The quantitative estimate of drug-likeness (QED) is 0.775. The summed E-state index contributed by atoms with van der Waals surface area (Å²) in [7, 11) is 1.93. The zero-order chi connectivity index (χ0) is 9.97. The van der Waals surface area contributed by atoms with Crippen LogP contribution in [0.2, 0.25) is 0 Å². The molecule has 78 valence electrons. The molecule has 2 atom stereocenters. The van der Waals surface area contributed by atoms with Gasteiger partial charge in [-0.1, -0.05) is 12.8 Å². The van der Waals surface area contributed by atoms with Crippen LogP contribution in [0, 0.1) is 5.92 Å². The Kier molecular flexibility index (Phi) is 2.87. The van der Waals surface area contributed by atoms with E-state index in [4.69, 9.17) is 0 Å². The van der Waals surface area contributed by atoms with Crippen LogP contribution in [0.1, 0.15) is 31.4 Å². The fourth-order valence-corrected chi connectivity index (χ4v) is 2.27. The van der Waals surface area contributed by atoms with Crippen LogP contribution in [0.3, 0.4) is 0 Å². The molecular weight excluding hydrogens is 176 g/mol. The lowest BCUT2D eigenvalue weighted by Crippen LogP contribution is -2.26. The van der Waals surface area contributed by atoms with E-state index in [9.17, 15) is 5.11 Å². The summed E-state index contributed by atoms with van der Waals surface area (Å²) in [4.78, 5) is 0. The maximum absolute atomic E-state index is 9.80. The first-order chi connectivity index (χ1) is 6.75. The molecule has 1 fully saturated rings. The Morgan fingerprint density at radius 2 is 2.29 bits per heavy atom. The molecule has 1 aromatic rings. The van der Waals surface area contributed by atoms with Gasteiger partial charge in [-0.2, -0.15) is 5.10 Å². The van der Waals surface area contributed by atoms with Crippen molar-refractivity contribution in [2.24, 2.45) is 13.0 Å². The van der Waals surface area contributed by atoms with Crippen molar-refractivity contribution in [3.05, 3.63) is 18.0 Å². The predicted octanol–water partition coefficient (Wildman–Crippen LogP) is 1.51. The van der Waals surface area contributed by atoms with E-state index in [1.165, 1.54) is 12.8 Å². The van der Waals surface area contributed by atoms with Gasteiger partial charge < -0.3 is 5.11 Å². The molecule has 2 unspecified atom stereocenters.